The van der Waals surface area contributed by atoms with Crippen molar-refractivity contribution in [1.29, 1.82) is 0 Å². The van der Waals surface area contributed by atoms with E-state index in [2.05, 4.69) is 25.3 Å². The number of aromatic nitrogens is 1. The van der Waals surface area contributed by atoms with E-state index >= 15 is 0 Å². The molecule has 0 fully saturated rings. The zero-order valence-corrected chi connectivity index (χ0v) is 16.9. The van der Waals surface area contributed by atoms with E-state index in [1.54, 1.807) is 23.7 Å². The Kier molecular flexibility index (Phi) is 4.38. The quantitative estimate of drug-likeness (QED) is 0.409. The molecule has 0 spiro atoms. The van der Waals surface area contributed by atoms with Crippen molar-refractivity contribution in [3.8, 4) is 0 Å². The van der Waals surface area contributed by atoms with Crippen LogP contribution in [0.4, 0.5) is 0 Å². The van der Waals surface area contributed by atoms with Gasteiger partial charge in [0.2, 0.25) is 0 Å². The van der Waals surface area contributed by atoms with Crippen LogP contribution in [-0.4, -0.2) is 21.4 Å². The normalized spacial score (nSPS) is 13.6. The van der Waals surface area contributed by atoms with E-state index in [1.165, 1.54) is 17.6 Å². The molecule has 1 atom stereocenters. The maximum absolute atomic E-state index is 13.3. The van der Waals surface area contributed by atoms with Gasteiger partial charge in [-0.15, -0.1) is 11.3 Å². The molecule has 0 N–H and O–H groups in total. The average molecular weight is 445 g/mol. The second-order valence-corrected chi connectivity index (χ2v) is 9.76. The molecule has 26 heavy (non-hydrogen) atoms. The molecule has 0 aliphatic heterocycles. The van der Waals surface area contributed by atoms with E-state index in [0.29, 0.717) is 16.0 Å². The van der Waals surface area contributed by atoms with E-state index in [-0.39, 0.29) is 0 Å². The molecule has 4 nitrogen and oxygen atoms in total. The highest BCUT2D eigenvalue weighted by Gasteiger charge is 2.18. The van der Waals surface area contributed by atoms with Crippen molar-refractivity contribution in [3.63, 3.8) is 0 Å². The van der Waals surface area contributed by atoms with E-state index in [0.717, 1.165) is 19.9 Å². The van der Waals surface area contributed by atoms with Crippen LogP contribution in [0.3, 0.4) is 0 Å². The predicted octanol–water partition coefficient (Wildman–Crippen LogP) is 5.51. The Balaban J connectivity index is 1.87. The lowest BCUT2D eigenvalue weighted by Gasteiger charge is -2.07. The van der Waals surface area contributed by atoms with Gasteiger partial charge in [-0.05, 0) is 34.1 Å². The molecule has 2 aromatic heterocycles. The summed E-state index contributed by atoms with van der Waals surface area (Å²) in [5.74, 6) is -0.477. The van der Waals surface area contributed by atoms with Crippen LogP contribution in [0, 0.1) is 0 Å². The van der Waals surface area contributed by atoms with Crippen LogP contribution >= 0.6 is 27.3 Å². The fraction of sp³-hybridized carbons (Fsp3) is 0.0526. The molecule has 4 rings (SSSR count). The predicted molar refractivity (Wildman–Crippen MR) is 110 cm³/mol. The lowest BCUT2D eigenvalue weighted by molar-refractivity contribution is 0.101. The summed E-state index contributed by atoms with van der Waals surface area (Å²) < 4.78 is 19.3. The molecule has 2 aromatic carbocycles. The number of hydrogen-bond donors (Lipinski definition) is 0. The summed E-state index contributed by atoms with van der Waals surface area (Å²) in [6, 6.07) is 14.8. The number of thiophene rings is 1. The molecule has 4 aromatic rings. The fourth-order valence-corrected chi connectivity index (χ4v) is 5.80. The second kappa shape index (κ2) is 6.57. The monoisotopic (exact) mass is 444 g/mol. The number of nitrogens with zero attached hydrogens (tertiary/aromatic N) is 2. The molecule has 1 amide bonds. The Morgan fingerprint density at radius 3 is 2.77 bits per heavy atom. The van der Waals surface area contributed by atoms with E-state index < -0.39 is 15.6 Å². The van der Waals surface area contributed by atoms with Gasteiger partial charge in [-0.25, -0.2) is 4.21 Å². The first-order valence-corrected chi connectivity index (χ1v) is 11.3. The van der Waals surface area contributed by atoms with Gasteiger partial charge < -0.3 is 0 Å². The van der Waals surface area contributed by atoms with Crippen molar-refractivity contribution < 1.29 is 9.00 Å². The SMILES string of the molecule is CS(=O)(=NC(=O)c1csc2c(Br)cccc12)c1cccc2cccnc12. The van der Waals surface area contributed by atoms with Gasteiger partial charge >= 0.3 is 0 Å². The van der Waals surface area contributed by atoms with Crippen LogP contribution in [0.1, 0.15) is 10.4 Å². The molecule has 0 aliphatic rings. The third kappa shape index (κ3) is 2.96. The number of benzene rings is 2. The van der Waals surface area contributed by atoms with Gasteiger partial charge in [0.1, 0.15) is 0 Å². The number of fused-ring (bicyclic) bond motifs is 2. The molecule has 1 unspecified atom stereocenters. The Hall–Kier alpha value is -2.09. The number of halogens is 1. The van der Waals surface area contributed by atoms with E-state index in [4.69, 9.17) is 0 Å². The van der Waals surface area contributed by atoms with Crippen molar-refractivity contribution in [1.82, 2.24) is 4.98 Å². The van der Waals surface area contributed by atoms with E-state index in [9.17, 15) is 9.00 Å². The minimum Gasteiger partial charge on any atom is -0.266 e. The Bertz CT molecular complexity index is 1280. The molecule has 0 radical (unpaired) electrons. The Labute approximate surface area is 163 Å². The Morgan fingerprint density at radius 1 is 1.15 bits per heavy atom. The van der Waals surface area contributed by atoms with Gasteiger partial charge in [0.15, 0.2) is 0 Å². The molecule has 0 saturated heterocycles. The topological polar surface area (TPSA) is 59.4 Å². The molecule has 0 saturated carbocycles. The Morgan fingerprint density at radius 2 is 1.92 bits per heavy atom. The van der Waals surface area contributed by atoms with Crippen molar-refractivity contribution in [2.75, 3.05) is 6.26 Å². The number of amides is 1. The van der Waals surface area contributed by atoms with Gasteiger partial charge in [0.05, 0.1) is 25.7 Å². The highest BCUT2D eigenvalue weighted by Crippen LogP contribution is 2.33. The summed E-state index contributed by atoms with van der Waals surface area (Å²) in [5.41, 5.74) is 1.08. The summed E-state index contributed by atoms with van der Waals surface area (Å²) >= 11 is 4.95. The molecule has 2 heterocycles. The third-order valence-electron chi connectivity index (χ3n) is 4.04. The van der Waals surface area contributed by atoms with Gasteiger partial charge in [-0.3, -0.25) is 9.78 Å². The highest BCUT2D eigenvalue weighted by atomic mass is 79.9. The molecular formula is C19H13BrN2O2S2. The lowest BCUT2D eigenvalue weighted by Crippen LogP contribution is -2.04. The molecule has 7 heteroatoms. The smallest absolute Gasteiger partial charge is 0.266 e. The fourth-order valence-electron chi connectivity index (χ4n) is 2.83. The number of carbonyl (C=O) groups is 1. The number of rotatable bonds is 2. The summed E-state index contributed by atoms with van der Waals surface area (Å²) in [6.07, 6.45) is 3.13. The summed E-state index contributed by atoms with van der Waals surface area (Å²) in [4.78, 5) is 17.6. The van der Waals surface area contributed by atoms with Gasteiger partial charge in [0, 0.05) is 37.8 Å². The van der Waals surface area contributed by atoms with Crippen molar-refractivity contribution in [2.24, 2.45) is 4.36 Å². The second-order valence-electron chi connectivity index (χ2n) is 5.80. The zero-order chi connectivity index (χ0) is 18.3. The zero-order valence-electron chi connectivity index (χ0n) is 13.7. The van der Waals surface area contributed by atoms with Gasteiger partial charge in [-0.2, -0.15) is 4.36 Å². The van der Waals surface area contributed by atoms with Crippen molar-refractivity contribution in [2.45, 2.75) is 4.90 Å². The lowest BCUT2D eigenvalue weighted by atomic mass is 10.2. The minimum atomic E-state index is -2.94. The molecular weight excluding hydrogens is 432 g/mol. The van der Waals surface area contributed by atoms with E-state index in [1.807, 2.05) is 36.4 Å². The average Bonchev–Trinajstić information content (AvgIpc) is 3.06. The van der Waals surface area contributed by atoms with Gasteiger partial charge in [0.25, 0.3) is 5.91 Å². The first-order valence-electron chi connectivity index (χ1n) is 7.73. The number of pyridine rings is 1. The van der Waals surface area contributed by atoms with Crippen LogP contribution in [0.2, 0.25) is 0 Å². The van der Waals surface area contributed by atoms with Crippen LogP contribution in [0.15, 0.2) is 73.8 Å². The summed E-state index contributed by atoms with van der Waals surface area (Å²) in [5, 5.41) is 3.44. The maximum Gasteiger partial charge on any atom is 0.286 e. The summed E-state index contributed by atoms with van der Waals surface area (Å²) in [7, 11) is -2.94. The highest BCUT2D eigenvalue weighted by molar-refractivity contribution is 9.10. The van der Waals surface area contributed by atoms with Crippen molar-refractivity contribution in [3.05, 3.63) is 70.1 Å². The molecule has 0 aliphatic carbocycles. The van der Waals surface area contributed by atoms with Crippen LogP contribution in [-0.2, 0) is 9.73 Å². The van der Waals surface area contributed by atoms with Crippen LogP contribution < -0.4 is 0 Å². The van der Waals surface area contributed by atoms with Crippen LogP contribution in [0.5, 0.6) is 0 Å². The minimum absolute atomic E-state index is 0.467. The van der Waals surface area contributed by atoms with Crippen molar-refractivity contribution >= 4 is 63.9 Å². The maximum atomic E-state index is 13.3. The third-order valence-corrected chi connectivity index (χ3v) is 7.66. The summed E-state index contributed by atoms with van der Waals surface area (Å²) in [6.45, 7) is 0. The van der Waals surface area contributed by atoms with Crippen LogP contribution in [0.25, 0.3) is 21.0 Å². The number of hydrogen-bond acceptors (Lipinski definition) is 4. The standard InChI is InChI=1S/C19H13BrN2O2S2/c1-26(24,16-9-2-5-12-6-4-10-21-17(12)16)22-19(23)14-11-25-18-13(14)7-3-8-15(18)20/h2-11H,1H3. The number of carbonyl (C=O) groups excluding carboxylic acids is 1. The first-order chi connectivity index (χ1) is 12.5. The molecule has 130 valence electrons. The molecule has 0 bridgehead atoms. The number of para-hydroxylation sites is 1. The first kappa shape index (κ1) is 17.3. The largest absolute Gasteiger partial charge is 0.286 e. The van der Waals surface area contributed by atoms with Gasteiger partial charge in [-0.1, -0.05) is 30.3 Å².